The van der Waals surface area contributed by atoms with Crippen molar-refractivity contribution in [3.05, 3.63) is 24.0 Å². The first-order valence-corrected chi connectivity index (χ1v) is 6.98. The van der Waals surface area contributed by atoms with Gasteiger partial charge in [0, 0.05) is 19.1 Å². The van der Waals surface area contributed by atoms with Crippen LogP contribution in [0, 0.1) is 6.92 Å². The number of anilines is 1. The van der Waals surface area contributed by atoms with Crippen LogP contribution in [-0.4, -0.2) is 33.7 Å². The van der Waals surface area contributed by atoms with Gasteiger partial charge in [0.05, 0.1) is 0 Å². The molecule has 2 aromatic rings. The van der Waals surface area contributed by atoms with E-state index in [0.717, 1.165) is 30.9 Å². The summed E-state index contributed by atoms with van der Waals surface area (Å²) in [6.07, 6.45) is 3.80. The average molecular weight is 261 g/mol. The number of hydrogen-bond donors (Lipinski definition) is 1. The lowest BCUT2D eigenvalue weighted by molar-refractivity contribution is 0.549. The Bertz CT molecular complexity index is 530. The average Bonchev–Trinajstić information content (AvgIpc) is 2.86. The second-order valence-electron chi connectivity index (χ2n) is 4.87. The van der Waals surface area contributed by atoms with Crippen LogP contribution >= 0.6 is 0 Å². The number of rotatable bonds is 6. The Hall–Kier alpha value is -1.62. The first-order chi connectivity index (χ1) is 9.21. The first kappa shape index (κ1) is 13.8. The third kappa shape index (κ3) is 2.71. The Morgan fingerprint density at radius 3 is 2.68 bits per heavy atom. The van der Waals surface area contributed by atoms with E-state index in [2.05, 4.69) is 41.8 Å². The van der Waals surface area contributed by atoms with Gasteiger partial charge in [-0.15, -0.1) is 0 Å². The Morgan fingerprint density at radius 1 is 1.32 bits per heavy atom. The molecule has 5 heteroatoms. The molecule has 0 aliphatic carbocycles. The highest BCUT2D eigenvalue weighted by molar-refractivity contribution is 5.53. The molecule has 0 aliphatic rings. The summed E-state index contributed by atoms with van der Waals surface area (Å²) in [5.74, 6) is 1.09. The molecule has 0 saturated carbocycles. The second kappa shape index (κ2) is 6.02. The van der Waals surface area contributed by atoms with Gasteiger partial charge in [0.2, 0.25) is 0 Å². The highest BCUT2D eigenvalue weighted by atomic mass is 15.4. The number of aryl methyl sites for hydroxylation is 1. The normalized spacial score (nSPS) is 11.4. The van der Waals surface area contributed by atoms with Gasteiger partial charge in [0.15, 0.2) is 5.65 Å². The predicted molar refractivity (Wildman–Crippen MR) is 78.5 cm³/mol. The van der Waals surface area contributed by atoms with Crippen LogP contribution < -0.4 is 10.6 Å². The van der Waals surface area contributed by atoms with Crippen LogP contribution in [0.25, 0.3) is 5.65 Å². The molecule has 0 aliphatic heterocycles. The van der Waals surface area contributed by atoms with Crippen LogP contribution in [0.15, 0.2) is 18.5 Å². The zero-order valence-corrected chi connectivity index (χ0v) is 12.0. The summed E-state index contributed by atoms with van der Waals surface area (Å²) in [7, 11) is 0. The zero-order valence-electron chi connectivity index (χ0n) is 12.0. The largest absolute Gasteiger partial charge is 0.352 e. The van der Waals surface area contributed by atoms with E-state index < -0.39 is 0 Å². The fraction of sp³-hybridized carbons (Fsp3) is 0.571. The van der Waals surface area contributed by atoms with Crippen molar-refractivity contribution in [3.8, 4) is 0 Å². The monoisotopic (exact) mass is 261 g/mol. The number of aromatic nitrogens is 3. The van der Waals surface area contributed by atoms with Gasteiger partial charge in [-0.1, -0.05) is 13.8 Å². The van der Waals surface area contributed by atoms with Gasteiger partial charge in [-0.2, -0.15) is 9.61 Å². The molecular formula is C14H23N5. The van der Waals surface area contributed by atoms with Gasteiger partial charge in [0.1, 0.15) is 12.1 Å². The molecule has 0 unspecified atom stereocenters. The zero-order chi connectivity index (χ0) is 13.8. The van der Waals surface area contributed by atoms with Gasteiger partial charge in [-0.3, -0.25) is 0 Å². The van der Waals surface area contributed by atoms with Crippen molar-refractivity contribution in [3.63, 3.8) is 0 Å². The van der Waals surface area contributed by atoms with Crippen molar-refractivity contribution in [2.45, 2.75) is 39.7 Å². The Kier molecular flexibility index (Phi) is 4.37. The van der Waals surface area contributed by atoms with Crippen LogP contribution in [-0.2, 0) is 0 Å². The highest BCUT2D eigenvalue weighted by Gasteiger charge is 2.18. The molecule has 0 spiro atoms. The molecule has 2 rings (SSSR count). The molecule has 0 fully saturated rings. The summed E-state index contributed by atoms with van der Waals surface area (Å²) >= 11 is 0. The van der Waals surface area contributed by atoms with Gasteiger partial charge in [-0.05, 0) is 37.5 Å². The fourth-order valence-electron chi connectivity index (χ4n) is 2.59. The van der Waals surface area contributed by atoms with Gasteiger partial charge in [0.25, 0.3) is 0 Å². The molecule has 2 N–H and O–H groups in total. The van der Waals surface area contributed by atoms with Crippen molar-refractivity contribution in [1.82, 2.24) is 14.6 Å². The SMILES string of the molecule is CCC(CC)N(CCN)c1cc(C)cc2ncnn12. The van der Waals surface area contributed by atoms with Crippen LogP contribution in [0.3, 0.4) is 0 Å². The number of nitrogens with zero attached hydrogens (tertiary/aromatic N) is 4. The smallest absolute Gasteiger partial charge is 0.157 e. The standard InChI is InChI=1S/C14H23N5/c1-4-12(5-2)18(7-6-15)14-9-11(3)8-13-16-10-17-19(13)14/h8-10,12H,4-7,15H2,1-3H3. The Morgan fingerprint density at radius 2 is 2.05 bits per heavy atom. The van der Waals surface area contributed by atoms with Crippen molar-refractivity contribution in [1.29, 1.82) is 0 Å². The van der Waals surface area contributed by atoms with Crippen LogP contribution in [0.5, 0.6) is 0 Å². The molecular weight excluding hydrogens is 238 g/mol. The number of fused-ring (bicyclic) bond motifs is 1. The van der Waals surface area contributed by atoms with Crippen LogP contribution in [0.1, 0.15) is 32.3 Å². The minimum absolute atomic E-state index is 0.484. The molecule has 0 saturated heterocycles. The number of nitrogens with two attached hydrogens (primary N) is 1. The van der Waals surface area contributed by atoms with Crippen LogP contribution in [0.4, 0.5) is 5.82 Å². The van der Waals surface area contributed by atoms with Crippen molar-refractivity contribution in [2.24, 2.45) is 5.73 Å². The van der Waals surface area contributed by atoms with E-state index in [9.17, 15) is 0 Å². The summed E-state index contributed by atoms with van der Waals surface area (Å²) in [6, 6.07) is 4.69. The number of pyridine rings is 1. The molecule has 5 nitrogen and oxygen atoms in total. The maximum atomic E-state index is 5.78. The van der Waals surface area contributed by atoms with E-state index >= 15 is 0 Å². The van der Waals surface area contributed by atoms with E-state index in [0.29, 0.717) is 12.6 Å². The molecule has 104 valence electrons. The topological polar surface area (TPSA) is 59.5 Å². The minimum Gasteiger partial charge on any atom is -0.352 e. The van der Waals surface area contributed by atoms with E-state index in [1.807, 2.05) is 10.6 Å². The predicted octanol–water partition coefficient (Wildman–Crippen LogP) is 1.99. The molecule has 0 amide bonds. The molecule has 0 atom stereocenters. The van der Waals surface area contributed by atoms with E-state index in [1.165, 1.54) is 5.56 Å². The van der Waals surface area contributed by atoms with Gasteiger partial charge >= 0.3 is 0 Å². The number of hydrogen-bond acceptors (Lipinski definition) is 4. The quantitative estimate of drug-likeness (QED) is 0.864. The third-order valence-electron chi connectivity index (χ3n) is 3.55. The lowest BCUT2D eigenvalue weighted by Gasteiger charge is -2.32. The summed E-state index contributed by atoms with van der Waals surface area (Å²) < 4.78 is 1.90. The van der Waals surface area contributed by atoms with E-state index in [1.54, 1.807) is 6.33 Å². The van der Waals surface area contributed by atoms with E-state index in [4.69, 9.17) is 5.73 Å². The maximum absolute atomic E-state index is 5.78. The summed E-state index contributed by atoms with van der Waals surface area (Å²) in [6.45, 7) is 8.00. The summed E-state index contributed by atoms with van der Waals surface area (Å²) in [5, 5.41) is 4.34. The molecule has 0 bridgehead atoms. The molecule has 2 aromatic heterocycles. The minimum atomic E-state index is 0.484. The summed E-state index contributed by atoms with van der Waals surface area (Å²) in [4.78, 5) is 6.64. The molecule has 0 aromatic carbocycles. The lowest BCUT2D eigenvalue weighted by Crippen LogP contribution is -2.39. The van der Waals surface area contributed by atoms with Crippen LogP contribution in [0.2, 0.25) is 0 Å². The molecule has 19 heavy (non-hydrogen) atoms. The highest BCUT2D eigenvalue weighted by Crippen LogP contribution is 2.22. The Labute approximate surface area is 114 Å². The fourth-order valence-corrected chi connectivity index (χ4v) is 2.59. The molecule has 2 heterocycles. The first-order valence-electron chi connectivity index (χ1n) is 6.98. The second-order valence-corrected chi connectivity index (χ2v) is 4.87. The Balaban J connectivity index is 2.51. The molecule has 0 radical (unpaired) electrons. The maximum Gasteiger partial charge on any atom is 0.157 e. The van der Waals surface area contributed by atoms with Crippen molar-refractivity contribution >= 4 is 11.5 Å². The van der Waals surface area contributed by atoms with Crippen molar-refractivity contribution in [2.75, 3.05) is 18.0 Å². The lowest BCUT2D eigenvalue weighted by atomic mass is 10.1. The third-order valence-corrected chi connectivity index (χ3v) is 3.55. The van der Waals surface area contributed by atoms with Gasteiger partial charge in [-0.25, -0.2) is 4.98 Å². The van der Waals surface area contributed by atoms with Crippen molar-refractivity contribution < 1.29 is 0 Å². The van der Waals surface area contributed by atoms with E-state index in [-0.39, 0.29) is 0 Å². The van der Waals surface area contributed by atoms with Gasteiger partial charge < -0.3 is 10.6 Å². The summed E-state index contributed by atoms with van der Waals surface area (Å²) in [5.41, 5.74) is 7.87.